The summed E-state index contributed by atoms with van der Waals surface area (Å²) >= 11 is 0. The van der Waals surface area contributed by atoms with Gasteiger partial charge in [-0.15, -0.1) is 0 Å². The molecule has 0 aliphatic heterocycles. The molecule has 23 heavy (non-hydrogen) atoms. The number of benzene rings is 1. The lowest BCUT2D eigenvalue weighted by Gasteiger charge is -2.20. The van der Waals surface area contributed by atoms with E-state index >= 15 is 0 Å². The Balaban J connectivity index is 1.78. The Labute approximate surface area is 134 Å². The Hall–Kier alpha value is -2.89. The van der Waals surface area contributed by atoms with Crippen LogP contribution in [0.15, 0.2) is 59.6 Å². The maximum atomic E-state index is 12.8. The predicted molar refractivity (Wildman–Crippen MR) is 85.7 cm³/mol. The second-order valence-corrected chi connectivity index (χ2v) is 5.10. The van der Waals surface area contributed by atoms with Crippen LogP contribution in [0.3, 0.4) is 0 Å². The molecule has 6 heteroatoms. The van der Waals surface area contributed by atoms with Gasteiger partial charge in [0, 0.05) is 31.0 Å². The minimum Gasteiger partial charge on any atom is -0.363 e. The Morgan fingerprint density at radius 2 is 2.09 bits per heavy atom. The largest absolute Gasteiger partial charge is 0.363 e. The molecule has 0 radical (unpaired) electrons. The second kappa shape index (κ2) is 6.91. The topological polar surface area (TPSA) is 64.2 Å². The van der Waals surface area contributed by atoms with Crippen molar-refractivity contribution in [3.63, 3.8) is 0 Å². The normalized spacial score (nSPS) is 10.7. The number of aromatic nitrogens is 3. The first-order valence-electron chi connectivity index (χ1n) is 7.56. The third-order valence-corrected chi connectivity index (χ3v) is 3.67. The van der Waals surface area contributed by atoms with E-state index in [0.29, 0.717) is 30.9 Å². The molecule has 1 amide bonds. The maximum Gasteiger partial charge on any atom is 0.259 e. The van der Waals surface area contributed by atoms with Gasteiger partial charge in [-0.1, -0.05) is 35.5 Å². The van der Waals surface area contributed by atoms with Gasteiger partial charge in [0.1, 0.15) is 17.5 Å². The van der Waals surface area contributed by atoms with Crippen LogP contribution >= 0.6 is 0 Å². The smallest absolute Gasteiger partial charge is 0.259 e. The van der Waals surface area contributed by atoms with E-state index in [-0.39, 0.29) is 5.91 Å². The molecule has 118 valence electrons. The number of nitrogens with zero attached hydrogens (tertiary/aromatic N) is 4. The molecule has 0 aliphatic rings. The molecule has 0 fully saturated rings. The van der Waals surface area contributed by atoms with Crippen molar-refractivity contribution in [3.8, 4) is 11.3 Å². The summed E-state index contributed by atoms with van der Waals surface area (Å²) in [5.74, 6) is -0.0836. The lowest BCUT2D eigenvalue weighted by Crippen LogP contribution is -2.34. The van der Waals surface area contributed by atoms with E-state index in [1.807, 2.05) is 54.2 Å². The fourth-order valence-electron chi connectivity index (χ4n) is 2.42. The number of carbonyl (C=O) groups is 1. The molecule has 0 spiro atoms. The zero-order valence-electron chi connectivity index (χ0n) is 12.9. The summed E-state index contributed by atoms with van der Waals surface area (Å²) in [7, 11) is 0. The minimum atomic E-state index is -0.0836. The van der Waals surface area contributed by atoms with Crippen LogP contribution < -0.4 is 0 Å². The summed E-state index contributed by atoms with van der Waals surface area (Å²) in [6.07, 6.45) is 5.03. The van der Waals surface area contributed by atoms with Gasteiger partial charge in [0.05, 0.1) is 6.54 Å². The van der Waals surface area contributed by atoms with Gasteiger partial charge in [-0.05, 0) is 13.0 Å². The number of rotatable bonds is 6. The molecular weight excluding hydrogens is 292 g/mol. The Morgan fingerprint density at radius 3 is 2.78 bits per heavy atom. The minimum absolute atomic E-state index is 0.0836. The lowest BCUT2D eigenvalue weighted by atomic mass is 10.1. The Kier molecular flexibility index (Phi) is 4.52. The quantitative estimate of drug-likeness (QED) is 0.702. The van der Waals surface area contributed by atoms with E-state index in [1.54, 1.807) is 11.1 Å². The summed E-state index contributed by atoms with van der Waals surface area (Å²) in [5.41, 5.74) is 1.93. The van der Waals surface area contributed by atoms with Gasteiger partial charge in [0.15, 0.2) is 0 Å². The van der Waals surface area contributed by atoms with Crippen molar-refractivity contribution in [2.24, 2.45) is 0 Å². The standard InChI is InChI=1S/C17H18N4O2/c1-2-20(11-12-21-10-6-9-18-21)17(22)15-13-23-19-16(15)14-7-4-3-5-8-14/h3-10,13H,2,11-12H2,1H3. The third-order valence-electron chi connectivity index (χ3n) is 3.67. The molecule has 0 bridgehead atoms. The molecule has 2 aromatic heterocycles. The van der Waals surface area contributed by atoms with Gasteiger partial charge in [-0.25, -0.2) is 0 Å². The average molecular weight is 310 g/mol. The molecule has 3 aromatic rings. The Bertz CT molecular complexity index is 750. The van der Waals surface area contributed by atoms with Crippen LogP contribution in [0.2, 0.25) is 0 Å². The summed E-state index contributed by atoms with van der Waals surface area (Å²) in [6.45, 7) is 3.80. The van der Waals surface area contributed by atoms with Gasteiger partial charge >= 0.3 is 0 Å². The number of likely N-dealkylation sites (N-methyl/N-ethyl adjacent to an activating group) is 1. The van der Waals surface area contributed by atoms with Gasteiger partial charge in [-0.2, -0.15) is 5.10 Å². The predicted octanol–water partition coefficient (Wildman–Crippen LogP) is 2.70. The molecule has 2 heterocycles. The van der Waals surface area contributed by atoms with Crippen LogP contribution in [0, 0.1) is 0 Å². The van der Waals surface area contributed by atoms with Crippen molar-refractivity contribution in [3.05, 3.63) is 60.6 Å². The van der Waals surface area contributed by atoms with Crippen LogP contribution in [-0.2, 0) is 6.54 Å². The fraction of sp³-hybridized carbons (Fsp3) is 0.235. The molecule has 0 saturated carbocycles. The number of hydrogen-bond donors (Lipinski definition) is 0. The highest BCUT2D eigenvalue weighted by Gasteiger charge is 2.21. The second-order valence-electron chi connectivity index (χ2n) is 5.10. The highest BCUT2D eigenvalue weighted by molar-refractivity contribution is 5.99. The van der Waals surface area contributed by atoms with Gasteiger partial charge in [0.25, 0.3) is 5.91 Å². The van der Waals surface area contributed by atoms with Crippen molar-refractivity contribution >= 4 is 5.91 Å². The van der Waals surface area contributed by atoms with Crippen molar-refractivity contribution in [1.82, 2.24) is 19.8 Å². The van der Waals surface area contributed by atoms with E-state index < -0.39 is 0 Å². The van der Waals surface area contributed by atoms with Crippen LogP contribution in [0.1, 0.15) is 17.3 Å². The zero-order chi connectivity index (χ0) is 16.1. The molecule has 0 N–H and O–H groups in total. The maximum absolute atomic E-state index is 12.8. The van der Waals surface area contributed by atoms with Gasteiger partial charge in [0.2, 0.25) is 0 Å². The van der Waals surface area contributed by atoms with E-state index in [9.17, 15) is 4.79 Å². The van der Waals surface area contributed by atoms with Crippen LogP contribution in [0.25, 0.3) is 11.3 Å². The monoisotopic (exact) mass is 310 g/mol. The molecule has 0 atom stereocenters. The molecule has 0 unspecified atom stereocenters. The number of carbonyl (C=O) groups excluding carboxylic acids is 1. The van der Waals surface area contributed by atoms with Gasteiger partial charge in [-0.3, -0.25) is 9.48 Å². The van der Waals surface area contributed by atoms with Crippen molar-refractivity contribution in [2.75, 3.05) is 13.1 Å². The summed E-state index contributed by atoms with van der Waals surface area (Å²) in [6, 6.07) is 11.4. The zero-order valence-corrected chi connectivity index (χ0v) is 12.9. The molecule has 3 rings (SSSR count). The first kappa shape index (κ1) is 15.0. The molecule has 0 aliphatic carbocycles. The van der Waals surface area contributed by atoms with Crippen LogP contribution in [0.4, 0.5) is 0 Å². The third kappa shape index (κ3) is 3.31. The number of hydrogen-bond acceptors (Lipinski definition) is 4. The first-order valence-corrected chi connectivity index (χ1v) is 7.56. The lowest BCUT2D eigenvalue weighted by molar-refractivity contribution is 0.0757. The Morgan fingerprint density at radius 1 is 1.26 bits per heavy atom. The van der Waals surface area contributed by atoms with Crippen molar-refractivity contribution in [1.29, 1.82) is 0 Å². The van der Waals surface area contributed by atoms with Crippen molar-refractivity contribution < 1.29 is 9.32 Å². The van der Waals surface area contributed by atoms with E-state index in [4.69, 9.17) is 4.52 Å². The highest BCUT2D eigenvalue weighted by Crippen LogP contribution is 2.23. The van der Waals surface area contributed by atoms with E-state index in [2.05, 4.69) is 10.3 Å². The van der Waals surface area contributed by atoms with Crippen molar-refractivity contribution in [2.45, 2.75) is 13.5 Å². The van der Waals surface area contributed by atoms with Crippen LogP contribution in [-0.4, -0.2) is 38.8 Å². The highest BCUT2D eigenvalue weighted by atomic mass is 16.5. The van der Waals surface area contributed by atoms with E-state index in [0.717, 1.165) is 5.56 Å². The molecule has 1 aromatic carbocycles. The van der Waals surface area contributed by atoms with Gasteiger partial charge < -0.3 is 9.42 Å². The number of amides is 1. The fourth-order valence-corrected chi connectivity index (χ4v) is 2.42. The molecule has 6 nitrogen and oxygen atoms in total. The summed E-state index contributed by atoms with van der Waals surface area (Å²) < 4.78 is 6.86. The molecular formula is C17H18N4O2. The van der Waals surface area contributed by atoms with E-state index in [1.165, 1.54) is 6.26 Å². The molecule has 0 saturated heterocycles. The summed E-state index contributed by atoms with van der Waals surface area (Å²) in [4.78, 5) is 14.6. The first-order chi connectivity index (χ1) is 11.3. The SMILES string of the molecule is CCN(CCn1cccn1)C(=O)c1conc1-c1ccccc1. The average Bonchev–Trinajstić information content (AvgIpc) is 3.27. The van der Waals surface area contributed by atoms with Crippen LogP contribution in [0.5, 0.6) is 0 Å². The summed E-state index contributed by atoms with van der Waals surface area (Å²) in [5, 5.41) is 8.15.